The Morgan fingerprint density at radius 1 is 1.06 bits per heavy atom. The molecule has 0 aliphatic rings. The van der Waals surface area contributed by atoms with E-state index in [2.05, 4.69) is 10.6 Å². The molecule has 11 nitrogen and oxygen atoms in total. The van der Waals surface area contributed by atoms with Gasteiger partial charge in [0.1, 0.15) is 16.8 Å². The van der Waals surface area contributed by atoms with Crippen LogP contribution < -0.4 is 21.1 Å². The maximum Gasteiger partial charge on any atom is 0.321 e. The van der Waals surface area contributed by atoms with Gasteiger partial charge >= 0.3 is 5.97 Å². The molecule has 0 saturated heterocycles. The number of nitrogens with two attached hydrogens (primary N) is 1. The molecule has 0 radical (unpaired) electrons. The molecular weight excluding hydrogens is 450 g/mol. The van der Waals surface area contributed by atoms with Gasteiger partial charge in [-0.3, -0.25) is 19.8 Å². The molecule has 176 valence electrons. The molecule has 0 fully saturated rings. The molecular formula is C21H25N5O6S. The van der Waals surface area contributed by atoms with Crippen LogP contribution in [0.25, 0.3) is 0 Å². The number of nitrogen functional groups attached to an aromatic ring is 1. The molecule has 1 atom stereocenters. The lowest BCUT2D eigenvalue weighted by atomic mass is 10.1. The van der Waals surface area contributed by atoms with E-state index in [1.807, 2.05) is 4.72 Å². The van der Waals surface area contributed by atoms with Crippen LogP contribution in [-0.2, 0) is 19.6 Å². The van der Waals surface area contributed by atoms with Crippen LogP contribution >= 0.6 is 0 Å². The van der Waals surface area contributed by atoms with Crippen LogP contribution in [0.3, 0.4) is 0 Å². The summed E-state index contributed by atoms with van der Waals surface area (Å²) in [6.07, 6.45) is -0.0378. The SMILES string of the molecule is C[C@H](NS(=O)(=O)c1ccccc1NC(=O)CCNCC(=O)c1ccc(C(=N)N)cc1)C(=O)O. The van der Waals surface area contributed by atoms with Gasteiger partial charge in [-0.2, -0.15) is 4.72 Å². The largest absolute Gasteiger partial charge is 0.480 e. The molecule has 0 heterocycles. The lowest BCUT2D eigenvalue weighted by Gasteiger charge is -2.14. The summed E-state index contributed by atoms with van der Waals surface area (Å²) < 4.78 is 27.0. The fourth-order valence-electron chi connectivity index (χ4n) is 2.71. The number of sulfonamides is 1. The number of ketones is 1. The number of anilines is 1. The minimum atomic E-state index is -4.18. The van der Waals surface area contributed by atoms with Gasteiger partial charge in [0.25, 0.3) is 0 Å². The molecule has 1 amide bonds. The predicted octanol–water partition coefficient (Wildman–Crippen LogP) is 0.523. The predicted molar refractivity (Wildman–Crippen MR) is 122 cm³/mol. The van der Waals surface area contributed by atoms with Crippen LogP contribution in [0.15, 0.2) is 53.4 Å². The first-order chi connectivity index (χ1) is 15.5. The minimum Gasteiger partial charge on any atom is -0.480 e. The molecule has 0 aliphatic heterocycles. The topological polar surface area (TPSA) is 192 Å². The van der Waals surface area contributed by atoms with Gasteiger partial charge in [0.15, 0.2) is 5.78 Å². The first-order valence-corrected chi connectivity index (χ1v) is 11.3. The summed E-state index contributed by atoms with van der Waals surface area (Å²) in [5.74, 6) is -2.13. The number of benzene rings is 2. The molecule has 0 saturated carbocycles. The van der Waals surface area contributed by atoms with Crippen LogP contribution in [0.1, 0.15) is 29.3 Å². The van der Waals surface area contributed by atoms with Crippen LogP contribution in [-0.4, -0.2) is 56.2 Å². The first-order valence-electron chi connectivity index (χ1n) is 9.83. The highest BCUT2D eigenvalue weighted by Crippen LogP contribution is 2.21. The van der Waals surface area contributed by atoms with Gasteiger partial charge in [-0.05, 0) is 19.1 Å². The van der Waals surface area contributed by atoms with E-state index in [-0.39, 0.29) is 41.7 Å². The molecule has 2 aromatic carbocycles. The first kappa shape index (κ1) is 25.6. The summed E-state index contributed by atoms with van der Waals surface area (Å²) in [5.41, 5.74) is 6.32. The number of hydrogen-bond donors (Lipinski definition) is 6. The highest BCUT2D eigenvalue weighted by Gasteiger charge is 2.24. The molecule has 0 bridgehead atoms. The Labute approximate surface area is 190 Å². The van der Waals surface area contributed by atoms with Crippen molar-refractivity contribution in [3.8, 4) is 0 Å². The second-order valence-electron chi connectivity index (χ2n) is 7.07. The smallest absolute Gasteiger partial charge is 0.321 e. The van der Waals surface area contributed by atoms with Gasteiger partial charge in [-0.1, -0.05) is 36.4 Å². The van der Waals surface area contributed by atoms with Gasteiger partial charge in [-0.25, -0.2) is 8.42 Å². The summed E-state index contributed by atoms with van der Waals surface area (Å²) in [5, 5.41) is 21.6. The summed E-state index contributed by atoms with van der Waals surface area (Å²) in [4.78, 5) is 35.1. The number of amides is 1. The number of para-hydroxylation sites is 1. The number of carboxylic acids is 1. The van der Waals surface area contributed by atoms with Gasteiger partial charge in [0.05, 0.1) is 12.2 Å². The molecule has 7 N–H and O–H groups in total. The Kier molecular flexibility index (Phi) is 8.79. The monoisotopic (exact) mass is 475 g/mol. The van der Waals surface area contributed by atoms with E-state index in [0.717, 1.165) is 0 Å². The van der Waals surface area contributed by atoms with E-state index in [1.165, 1.54) is 31.2 Å². The molecule has 0 aromatic heterocycles. The van der Waals surface area contributed by atoms with Gasteiger partial charge in [0.2, 0.25) is 15.9 Å². The lowest BCUT2D eigenvalue weighted by Crippen LogP contribution is -2.38. The quantitative estimate of drug-likeness (QED) is 0.111. The maximum absolute atomic E-state index is 12.5. The van der Waals surface area contributed by atoms with Crippen molar-refractivity contribution in [1.29, 1.82) is 5.41 Å². The maximum atomic E-state index is 12.5. The highest BCUT2D eigenvalue weighted by molar-refractivity contribution is 7.89. The number of aliphatic carboxylic acids is 1. The highest BCUT2D eigenvalue weighted by atomic mass is 32.2. The van der Waals surface area contributed by atoms with Crippen LogP contribution in [0.5, 0.6) is 0 Å². The number of amidine groups is 1. The zero-order valence-electron chi connectivity index (χ0n) is 17.8. The number of hydrogen-bond acceptors (Lipinski definition) is 7. The molecule has 2 rings (SSSR count). The summed E-state index contributed by atoms with van der Waals surface area (Å²) >= 11 is 0. The van der Waals surface area contributed by atoms with Crippen molar-refractivity contribution in [2.75, 3.05) is 18.4 Å². The third-order valence-corrected chi connectivity index (χ3v) is 6.08. The van der Waals surface area contributed by atoms with E-state index in [9.17, 15) is 22.8 Å². The Morgan fingerprint density at radius 2 is 1.67 bits per heavy atom. The average Bonchev–Trinajstić information content (AvgIpc) is 2.76. The Bertz CT molecular complexity index is 1150. The normalized spacial score (nSPS) is 12.0. The van der Waals surface area contributed by atoms with Crippen LogP contribution in [0.4, 0.5) is 5.69 Å². The number of rotatable bonds is 12. The third kappa shape index (κ3) is 7.49. The van der Waals surface area contributed by atoms with Crippen LogP contribution in [0.2, 0.25) is 0 Å². The summed E-state index contributed by atoms with van der Waals surface area (Å²) in [7, 11) is -4.18. The van der Waals surface area contributed by atoms with E-state index in [0.29, 0.717) is 11.1 Å². The van der Waals surface area contributed by atoms with Crippen molar-refractivity contribution in [3.05, 3.63) is 59.7 Å². The molecule has 0 spiro atoms. The molecule has 12 heteroatoms. The number of nitrogens with one attached hydrogen (secondary N) is 4. The molecule has 0 unspecified atom stereocenters. The Hall–Kier alpha value is -3.61. The molecule has 0 aliphatic carbocycles. The molecule has 2 aromatic rings. The van der Waals surface area contributed by atoms with Crippen molar-refractivity contribution < 1.29 is 27.9 Å². The lowest BCUT2D eigenvalue weighted by molar-refractivity contribution is -0.138. The van der Waals surface area contributed by atoms with Gasteiger partial charge in [-0.15, -0.1) is 0 Å². The summed E-state index contributed by atoms with van der Waals surface area (Å²) in [6.45, 7) is 1.33. The third-order valence-electron chi connectivity index (χ3n) is 4.49. The van der Waals surface area contributed by atoms with Gasteiger partial charge in [0, 0.05) is 24.1 Å². The fraction of sp³-hybridized carbons (Fsp3) is 0.238. The standard InChI is InChI=1S/C21H25N5O6S/c1-13(21(29)30)26-33(31,32)18-5-3-2-4-16(18)25-19(28)10-11-24-12-17(27)14-6-8-15(9-7-14)20(22)23/h2-9,13,24,26H,10-12H2,1H3,(H3,22,23)(H,25,28)(H,29,30)/t13-/m0/s1. The van der Waals surface area contributed by atoms with Crippen molar-refractivity contribution >= 4 is 39.2 Å². The minimum absolute atomic E-state index is 0.00854. The number of carboxylic acid groups (broad SMARTS) is 1. The molecule has 33 heavy (non-hydrogen) atoms. The average molecular weight is 476 g/mol. The zero-order valence-corrected chi connectivity index (χ0v) is 18.6. The van der Waals surface area contributed by atoms with Crippen molar-refractivity contribution in [3.63, 3.8) is 0 Å². The van der Waals surface area contributed by atoms with E-state index in [4.69, 9.17) is 16.2 Å². The second-order valence-corrected chi connectivity index (χ2v) is 8.75. The fourth-order valence-corrected chi connectivity index (χ4v) is 4.06. The van der Waals surface area contributed by atoms with Gasteiger partial charge < -0.3 is 21.5 Å². The Balaban J connectivity index is 1.89. The van der Waals surface area contributed by atoms with Crippen molar-refractivity contribution in [2.24, 2.45) is 5.73 Å². The van der Waals surface area contributed by atoms with Crippen LogP contribution in [0, 0.1) is 5.41 Å². The number of carbonyl (C=O) groups is 3. The zero-order chi connectivity index (χ0) is 24.6. The van der Waals surface area contributed by atoms with Crippen molar-refractivity contribution in [1.82, 2.24) is 10.0 Å². The number of carbonyl (C=O) groups excluding carboxylic acids is 2. The van der Waals surface area contributed by atoms with Crippen molar-refractivity contribution in [2.45, 2.75) is 24.3 Å². The van der Waals surface area contributed by atoms with E-state index < -0.39 is 27.9 Å². The Morgan fingerprint density at radius 3 is 2.27 bits per heavy atom. The van der Waals surface area contributed by atoms with E-state index in [1.54, 1.807) is 24.3 Å². The van der Waals surface area contributed by atoms with E-state index >= 15 is 0 Å². The summed E-state index contributed by atoms with van der Waals surface area (Å²) in [6, 6.07) is 10.5. The second kappa shape index (κ2) is 11.3. The number of Topliss-reactive ketones (excluding diaryl/α,β-unsaturated/α-hetero) is 1.